The van der Waals surface area contributed by atoms with Crippen LogP contribution in [-0.4, -0.2) is 67.7 Å². The van der Waals surface area contributed by atoms with Crippen molar-refractivity contribution >= 4 is 17.7 Å². The smallest absolute Gasteiger partial charge is 0.242 e. The van der Waals surface area contributed by atoms with Gasteiger partial charge in [-0.05, 0) is 36.5 Å². The SMILES string of the molecule is O=C(Nc1ccc2c(c1)OCCO2)C(C1CC1)N1CCN(C/C=C/c2ccccc2)CC1. The van der Waals surface area contributed by atoms with Gasteiger partial charge in [-0.25, -0.2) is 0 Å². The van der Waals surface area contributed by atoms with E-state index < -0.39 is 0 Å². The number of fused-ring (bicyclic) bond motifs is 1. The Balaban J connectivity index is 1.15. The van der Waals surface area contributed by atoms with E-state index in [4.69, 9.17) is 9.47 Å². The van der Waals surface area contributed by atoms with Gasteiger partial charge in [0.1, 0.15) is 13.2 Å². The van der Waals surface area contributed by atoms with Gasteiger partial charge in [0.2, 0.25) is 5.91 Å². The van der Waals surface area contributed by atoms with Gasteiger partial charge in [-0.3, -0.25) is 14.6 Å². The lowest BCUT2D eigenvalue weighted by Gasteiger charge is -2.38. The normalized spacial score (nSPS) is 20.2. The van der Waals surface area contributed by atoms with Crippen molar-refractivity contribution in [3.63, 3.8) is 0 Å². The second-order valence-corrected chi connectivity index (χ2v) is 8.78. The second kappa shape index (κ2) is 9.76. The van der Waals surface area contributed by atoms with Gasteiger partial charge < -0.3 is 14.8 Å². The van der Waals surface area contributed by atoms with E-state index in [9.17, 15) is 4.79 Å². The van der Waals surface area contributed by atoms with Crippen molar-refractivity contribution in [2.75, 3.05) is 51.3 Å². The summed E-state index contributed by atoms with van der Waals surface area (Å²) in [6.45, 7) is 5.87. The molecule has 6 heteroatoms. The van der Waals surface area contributed by atoms with Crippen molar-refractivity contribution in [2.45, 2.75) is 18.9 Å². The monoisotopic (exact) mass is 433 g/mol. The van der Waals surface area contributed by atoms with Crippen molar-refractivity contribution in [2.24, 2.45) is 5.92 Å². The Morgan fingerprint density at radius 3 is 2.50 bits per heavy atom. The second-order valence-electron chi connectivity index (χ2n) is 8.78. The average molecular weight is 434 g/mol. The minimum Gasteiger partial charge on any atom is -0.486 e. The van der Waals surface area contributed by atoms with Gasteiger partial charge in [0, 0.05) is 44.5 Å². The van der Waals surface area contributed by atoms with Crippen molar-refractivity contribution in [3.8, 4) is 11.5 Å². The van der Waals surface area contributed by atoms with Crippen LogP contribution in [-0.2, 0) is 4.79 Å². The molecular formula is C26H31N3O3. The molecule has 1 amide bonds. The first-order chi connectivity index (χ1) is 15.8. The van der Waals surface area contributed by atoms with Crippen molar-refractivity contribution in [3.05, 3.63) is 60.2 Å². The molecule has 168 valence electrons. The molecule has 0 bridgehead atoms. The molecule has 32 heavy (non-hydrogen) atoms. The van der Waals surface area contributed by atoms with Crippen molar-refractivity contribution in [1.29, 1.82) is 0 Å². The lowest BCUT2D eigenvalue weighted by atomic mass is 10.1. The molecule has 2 aromatic rings. The van der Waals surface area contributed by atoms with E-state index in [0.717, 1.165) is 57.0 Å². The molecule has 2 fully saturated rings. The average Bonchev–Trinajstić information content (AvgIpc) is 3.66. The standard InChI is InChI=1S/C26H31N3O3/c30-26(27-22-10-11-23-24(19-22)32-18-17-31-23)25(21-8-9-21)29-15-13-28(14-16-29)12-4-7-20-5-2-1-3-6-20/h1-7,10-11,19,21,25H,8-9,12-18H2,(H,27,30)/b7-4+. The molecule has 1 saturated carbocycles. The van der Waals surface area contributed by atoms with Crippen LogP contribution in [0.4, 0.5) is 5.69 Å². The van der Waals surface area contributed by atoms with Crippen LogP contribution in [0.1, 0.15) is 18.4 Å². The summed E-state index contributed by atoms with van der Waals surface area (Å²) in [4.78, 5) is 18.1. The van der Waals surface area contributed by atoms with Crippen molar-refractivity contribution in [1.82, 2.24) is 9.80 Å². The molecule has 3 aliphatic rings. The molecular weight excluding hydrogens is 402 g/mol. The number of hydrogen-bond donors (Lipinski definition) is 1. The topological polar surface area (TPSA) is 54.0 Å². The third-order valence-electron chi connectivity index (χ3n) is 6.42. The lowest BCUT2D eigenvalue weighted by Crippen LogP contribution is -2.54. The number of carbonyl (C=O) groups is 1. The molecule has 0 radical (unpaired) electrons. The predicted octanol–water partition coefficient (Wildman–Crippen LogP) is 3.51. The summed E-state index contributed by atoms with van der Waals surface area (Å²) in [5, 5.41) is 3.13. The van der Waals surface area contributed by atoms with E-state index in [0.29, 0.717) is 24.9 Å². The molecule has 1 unspecified atom stereocenters. The van der Waals surface area contributed by atoms with Crippen LogP contribution in [0, 0.1) is 5.92 Å². The number of benzene rings is 2. The molecule has 2 heterocycles. The predicted molar refractivity (Wildman–Crippen MR) is 126 cm³/mol. The molecule has 5 rings (SSSR count). The van der Waals surface area contributed by atoms with E-state index >= 15 is 0 Å². The Kier molecular flexibility index (Phi) is 6.41. The van der Waals surface area contributed by atoms with Crippen LogP contribution >= 0.6 is 0 Å². The van der Waals surface area contributed by atoms with Crippen LogP contribution in [0.2, 0.25) is 0 Å². The van der Waals surface area contributed by atoms with Gasteiger partial charge in [-0.15, -0.1) is 0 Å². The summed E-state index contributed by atoms with van der Waals surface area (Å²) >= 11 is 0. The quantitative estimate of drug-likeness (QED) is 0.724. The number of nitrogens with zero attached hydrogens (tertiary/aromatic N) is 2. The fourth-order valence-corrected chi connectivity index (χ4v) is 4.55. The third-order valence-corrected chi connectivity index (χ3v) is 6.42. The number of ether oxygens (including phenoxy) is 2. The molecule has 2 aromatic carbocycles. The van der Waals surface area contributed by atoms with Crippen LogP contribution in [0.15, 0.2) is 54.6 Å². The van der Waals surface area contributed by atoms with E-state index in [2.05, 4.69) is 51.5 Å². The highest BCUT2D eigenvalue weighted by Gasteiger charge is 2.41. The van der Waals surface area contributed by atoms with Crippen molar-refractivity contribution < 1.29 is 14.3 Å². The molecule has 6 nitrogen and oxygen atoms in total. The van der Waals surface area contributed by atoms with Crippen LogP contribution in [0.25, 0.3) is 6.08 Å². The first-order valence-electron chi connectivity index (χ1n) is 11.6. The zero-order valence-corrected chi connectivity index (χ0v) is 18.4. The van der Waals surface area contributed by atoms with Gasteiger partial charge in [-0.2, -0.15) is 0 Å². The maximum atomic E-state index is 13.2. The van der Waals surface area contributed by atoms with Crippen LogP contribution < -0.4 is 14.8 Å². The van der Waals surface area contributed by atoms with Gasteiger partial charge in [0.05, 0.1) is 6.04 Å². The molecule has 1 saturated heterocycles. The van der Waals surface area contributed by atoms with E-state index in [1.807, 2.05) is 24.3 Å². The lowest BCUT2D eigenvalue weighted by molar-refractivity contribution is -0.122. The molecule has 0 aromatic heterocycles. The summed E-state index contributed by atoms with van der Waals surface area (Å²) in [6, 6.07) is 16.0. The molecule has 1 aliphatic carbocycles. The number of piperazine rings is 1. The van der Waals surface area contributed by atoms with Crippen LogP contribution in [0.5, 0.6) is 11.5 Å². The molecule has 1 N–H and O–H groups in total. The fraction of sp³-hybridized carbons (Fsp3) is 0.423. The van der Waals surface area contributed by atoms with E-state index in [1.165, 1.54) is 5.56 Å². The fourth-order valence-electron chi connectivity index (χ4n) is 4.55. The van der Waals surface area contributed by atoms with Gasteiger partial charge in [-0.1, -0.05) is 42.5 Å². The molecule has 0 spiro atoms. The maximum Gasteiger partial charge on any atom is 0.242 e. The highest BCUT2D eigenvalue weighted by molar-refractivity contribution is 5.95. The highest BCUT2D eigenvalue weighted by Crippen LogP contribution is 2.37. The zero-order valence-electron chi connectivity index (χ0n) is 18.4. The zero-order chi connectivity index (χ0) is 21.8. The summed E-state index contributed by atoms with van der Waals surface area (Å²) in [6.07, 6.45) is 6.69. The Hall–Kier alpha value is -2.83. The summed E-state index contributed by atoms with van der Waals surface area (Å²) in [7, 11) is 0. The van der Waals surface area contributed by atoms with Gasteiger partial charge in [0.15, 0.2) is 11.5 Å². The van der Waals surface area contributed by atoms with Gasteiger partial charge >= 0.3 is 0 Å². The van der Waals surface area contributed by atoms with E-state index in [1.54, 1.807) is 0 Å². The number of hydrogen-bond acceptors (Lipinski definition) is 5. The Morgan fingerprint density at radius 2 is 1.75 bits per heavy atom. The minimum absolute atomic E-state index is 0.0507. The number of anilines is 1. The van der Waals surface area contributed by atoms with Gasteiger partial charge in [0.25, 0.3) is 0 Å². The summed E-state index contributed by atoms with van der Waals surface area (Å²) < 4.78 is 11.2. The first-order valence-corrected chi connectivity index (χ1v) is 11.6. The Labute approximate surface area is 189 Å². The number of carbonyl (C=O) groups excluding carboxylic acids is 1. The molecule has 2 aliphatic heterocycles. The third kappa shape index (κ3) is 5.14. The van der Waals surface area contributed by atoms with Crippen LogP contribution in [0.3, 0.4) is 0 Å². The number of nitrogens with one attached hydrogen (secondary N) is 1. The van der Waals surface area contributed by atoms with E-state index in [-0.39, 0.29) is 11.9 Å². The number of rotatable bonds is 7. The first kappa shape index (κ1) is 21.0. The molecule has 1 atom stereocenters. The summed E-state index contributed by atoms with van der Waals surface area (Å²) in [5.74, 6) is 2.01. The Bertz CT molecular complexity index is 950. The Morgan fingerprint density at radius 1 is 1.00 bits per heavy atom. The highest BCUT2D eigenvalue weighted by atomic mass is 16.6. The maximum absolute atomic E-state index is 13.2. The summed E-state index contributed by atoms with van der Waals surface area (Å²) in [5.41, 5.74) is 2.00. The number of amides is 1. The minimum atomic E-state index is -0.0507. The largest absolute Gasteiger partial charge is 0.486 e.